The van der Waals surface area contributed by atoms with Crippen molar-refractivity contribution >= 4 is 18.1 Å². The average molecular weight is 219 g/mol. The van der Waals surface area contributed by atoms with E-state index in [2.05, 4.69) is 11.9 Å². The standard InChI is InChI=1S/C12H13NO3/c1-3-4-16-12(15)10-5-9(2)6-11(7-10)13-8-14/h3,5-8H,1,4H2,2H3,(H,13,14). The van der Waals surface area contributed by atoms with Crippen molar-refractivity contribution in [1.82, 2.24) is 0 Å². The van der Waals surface area contributed by atoms with E-state index in [-0.39, 0.29) is 6.61 Å². The summed E-state index contributed by atoms with van der Waals surface area (Å²) in [7, 11) is 0. The van der Waals surface area contributed by atoms with Crippen LogP contribution in [0.4, 0.5) is 5.69 Å². The summed E-state index contributed by atoms with van der Waals surface area (Å²) < 4.78 is 4.89. The Morgan fingerprint density at radius 2 is 2.25 bits per heavy atom. The monoisotopic (exact) mass is 219 g/mol. The Kier molecular flexibility index (Phi) is 4.27. The fourth-order valence-electron chi connectivity index (χ4n) is 1.27. The molecule has 0 saturated carbocycles. The van der Waals surface area contributed by atoms with E-state index in [1.54, 1.807) is 18.2 Å². The van der Waals surface area contributed by atoms with Crippen molar-refractivity contribution in [3.63, 3.8) is 0 Å². The summed E-state index contributed by atoms with van der Waals surface area (Å²) in [6, 6.07) is 5.02. The quantitative estimate of drug-likeness (QED) is 0.467. The summed E-state index contributed by atoms with van der Waals surface area (Å²) in [5.74, 6) is -0.433. The molecule has 0 bridgehead atoms. The maximum atomic E-state index is 11.5. The predicted octanol–water partition coefficient (Wildman–Crippen LogP) is 1.91. The zero-order valence-electron chi connectivity index (χ0n) is 9.03. The Bertz CT molecular complexity index is 413. The van der Waals surface area contributed by atoms with E-state index in [0.717, 1.165) is 5.56 Å². The summed E-state index contributed by atoms with van der Waals surface area (Å²) in [6.45, 7) is 5.46. The van der Waals surface area contributed by atoms with E-state index in [0.29, 0.717) is 17.7 Å². The van der Waals surface area contributed by atoms with Crippen LogP contribution in [0.3, 0.4) is 0 Å². The lowest BCUT2D eigenvalue weighted by molar-refractivity contribution is -0.105. The van der Waals surface area contributed by atoms with Crippen LogP contribution in [0, 0.1) is 6.92 Å². The summed E-state index contributed by atoms with van der Waals surface area (Å²) >= 11 is 0. The maximum absolute atomic E-state index is 11.5. The summed E-state index contributed by atoms with van der Waals surface area (Å²) in [6.07, 6.45) is 2.06. The number of aryl methyl sites for hydroxylation is 1. The molecule has 1 aromatic carbocycles. The molecule has 0 spiro atoms. The van der Waals surface area contributed by atoms with Crippen molar-refractivity contribution in [3.05, 3.63) is 42.0 Å². The molecule has 1 amide bonds. The van der Waals surface area contributed by atoms with Gasteiger partial charge in [0.15, 0.2) is 0 Å². The number of hydrogen-bond acceptors (Lipinski definition) is 3. The fraction of sp³-hybridized carbons (Fsp3) is 0.167. The number of amides is 1. The number of ether oxygens (including phenoxy) is 1. The summed E-state index contributed by atoms with van der Waals surface area (Å²) in [4.78, 5) is 21.8. The molecule has 0 aliphatic carbocycles. The van der Waals surface area contributed by atoms with Crippen molar-refractivity contribution in [2.45, 2.75) is 6.92 Å². The van der Waals surface area contributed by atoms with Gasteiger partial charge in [-0.3, -0.25) is 4.79 Å². The summed E-state index contributed by atoms with van der Waals surface area (Å²) in [5, 5.41) is 2.49. The number of carbonyl (C=O) groups excluding carboxylic acids is 2. The van der Waals surface area contributed by atoms with Gasteiger partial charge in [-0.1, -0.05) is 12.7 Å². The van der Waals surface area contributed by atoms with Crippen LogP contribution in [0.2, 0.25) is 0 Å². The van der Waals surface area contributed by atoms with E-state index in [9.17, 15) is 9.59 Å². The molecule has 84 valence electrons. The lowest BCUT2D eigenvalue weighted by atomic mass is 10.1. The van der Waals surface area contributed by atoms with Crippen molar-refractivity contribution < 1.29 is 14.3 Å². The van der Waals surface area contributed by atoms with Crippen LogP contribution in [0.25, 0.3) is 0 Å². The Labute approximate surface area is 93.9 Å². The van der Waals surface area contributed by atoms with Crippen LogP contribution in [-0.4, -0.2) is 19.0 Å². The van der Waals surface area contributed by atoms with E-state index < -0.39 is 5.97 Å². The highest BCUT2D eigenvalue weighted by Crippen LogP contribution is 2.14. The smallest absolute Gasteiger partial charge is 0.338 e. The van der Waals surface area contributed by atoms with Crippen molar-refractivity contribution in [1.29, 1.82) is 0 Å². The third kappa shape index (κ3) is 3.24. The molecule has 0 aliphatic heterocycles. The molecule has 0 aliphatic rings. The van der Waals surface area contributed by atoms with Gasteiger partial charge in [0.1, 0.15) is 6.61 Å². The second-order valence-electron chi connectivity index (χ2n) is 3.24. The van der Waals surface area contributed by atoms with Crippen LogP contribution in [0.15, 0.2) is 30.9 Å². The first-order valence-corrected chi connectivity index (χ1v) is 4.77. The Morgan fingerprint density at radius 1 is 1.50 bits per heavy atom. The van der Waals surface area contributed by atoms with E-state index in [1.165, 1.54) is 6.08 Å². The topological polar surface area (TPSA) is 55.4 Å². The van der Waals surface area contributed by atoms with Gasteiger partial charge in [0.05, 0.1) is 5.56 Å². The minimum Gasteiger partial charge on any atom is -0.458 e. The lowest BCUT2D eigenvalue weighted by Crippen LogP contribution is -2.06. The molecular formula is C12H13NO3. The molecule has 0 aromatic heterocycles. The zero-order valence-corrected chi connectivity index (χ0v) is 9.03. The van der Waals surface area contributed by atoms with E-state index in [1.807, 2.05) is 6.92 Å². The third-order valence-electron chi connectivity index (χ3n) is 1.87. The van der Waals surface area contributed by atoms with Crippen LogP contribution in [0.5, 0.6) is 0 Å². The van der Waals surface area contributed by atoms with Gasteiger partial charge in [-0.25, -0.2) is 4.79 Å². The second-order valence-corrected chi connectivity index (χ2v) is 3.24. The van der Waals surface area contributed by atoms with Crippen LogP contribution < -0.4 is 5.32 Å². The van der Waals surface area contributed by atoms with Crippen molar-refractivity contribution in [3.8, 4) is 0 Å². The number of esters is 1. The Morgan fingerprint density at radius 3 is 2.88 bits per heavy atom. The van der Waals surface area contributed by atoms with Gasteiger partial charge in [0, 0.05) is 5.69 Å². The number of hydrogen-bond donors (Lipinski definition) is 1. The van der Waals surface area contributed by atoms with Gasteiger partial charge in [-0.05, 0) is 30.7 Å². The summed E-state index contributed by atoms with van der Waals surface area (Å²) in [5.41, 5.74) is 1.85. The molecule has 0 radical (unpaired) electrons. The molecular weight excluding hydrogens is 206 g/mol. The molecule has 0 atom stereocenters. The molecule has 0 unspecified atom stereocenters. The third-order valence-corrected chi connectivity index (χ3v) is 1.87. The SMILES string of the molecule is C=CCOC(=O)c1cc(C)cc(NC=O)c1. The molecule has 16 heavy (non-hydrogen) atoms. The van der Waals surface area contributed by atoms with Gasteiger partial charge in [0.25, 0.3) is 0 Å². The molecule has 4 nitrogen and oxygen atoms in total. The van der Waals surface area contributed by atoms with Crippen molar-refractivity contribution in [2.24, 2.45) is 0 Å². The van der Waals surface area contributed by atoms with Gasteiger partial charge < -0.3 is 10.1 Å². The Hall–Kier alpha value is -2.10. The van der Waals surface area contributed by atoms with E-state index >= 15 is 0 Å². The highest BCUT2D eigenvalue weighted by Gasteiger charge is 2.08. The van der Waals surface area contributed by atoms with Gasteiger partial charge in [-0.2, -0.15) is 0 Å². The largest absolute Gasteiger partial charge is 0.458 e. The van der Waals surface area contributed by atoms with E-state index in [4.69, 9.17) is 4.74 Å². The van der Waals surface area contributed by atoms with Gasteiger partial charge in [0.2, 0.25) is 6.41 Å². The molecule has 1 aromatic rings. The molecule has 0 heterocycles. The molecule has 4 heteroatoms. The first kappa shape index (κ1) is 12.0. The lowest BCUT2D eigenvalue weighted by Gasteiger charge is -2.06. The highest BCUT2D eigenvalue weighted by molar-refractivity contribution is 5.91. The minimum absolute atomic E-state index is 0.170. The first-order chi connectivity index (χ1) is 7.67. The number of rotatable bonds is 5. The maximum Gasteiger partial charge on any atom is 0.338 e. The number of anilines is 1. The van der Waals surface area contributed by atoms with Crippen LogP contribution in [-0.2, 0) is 9.53 Å². The molecule has 1 N–H and O–H groups in total. The number of carbonyl (C=O) groups is 2. The zero-order chi connectivity index (χ0) is 12.0. The molecule has 0 saturated heterocycles. The minimum atomic E-state index is -0.433. The number of benzene rings is 1. The second kappa shape index (κ2) is 5.70. The Balaban J connectivity index is 2.90. The molecule has 1 rings (SSSR count). The normalized spacial score (nSPS) is 9.31. The fourth-order valence-corrected chi connectivity index (χ4v) is 1.27. The van der Waals surface area contributed by atoms with Gasteiger partial charge >= 0.3 is 5.97 Å². The first-order valence-electron chi connectivity index (χ1n) is 4.77. The average Bonchev–Trinajstić information content (AvgIpc) is 2.25. The van der Waals surface area contributed by atoms with Crippen LogP contribution >= 0.6 is 0 Å². The number of nitrogens with one attached hydrogen (secondary N) is 1. The predicted molar refractivity (Wildman–Crippen MR) is 61.3 cm³/mol. The molecule has 0 fully saturated rings. The highest BCUT2D eigenvalue weighted by atomic mass is 16.5. The van der Waals surface area contributed by atoms with Gasteiger partial charge in [-0.15, -0.1) is 0 Å². The van der Waals surface area contributed by atoms with Crippen molar-refractivity contribution in [2.75, 3.05) is 11.9 Å². The van der Waals surface area contributed by atoms with Crippen LogP contribution in [0.1, 0.15) is 15.9 Å².